The van der Waals surface area contributed by atoms with Crippen molar-refractivity contribution in [2.45, 2.75) is 13.8 Å². The Balaban J connectivity index is 2.76. The van der Waals surface area contributed by atoms with Gasteiger partial charge in [0.05, 0.1) is 15.3 Å². The molecule has 4 nitrogen and oxygen atoms in total. The lowest BCUT2D eigenvalue weighted by molar-refractivity contribution is -0.143. The van der Waals surface area contributed by atoms with Crippen molar-refractivity contribution >= 4 is 55.1 Å². The third kappa shape index (κ3) is 4.07. The van der Waals surface area contributed by atoms with Crippen LogP contribution in [0.2, 0.25) is 0 Å². The summed E-state index contributed by atoms with van der Waals surface area (Å²) < 4.78 is 6.54. The molecule has 0 unspecified atom stereocenters. The quantitative estimate of drug-likeness (QED) is 0.715. The van der Waals surface area contributed by atoms with Crippen molar-refractivity contribution in [2.24, 2.45) is 0 Å². The number of hydrogen-bond donors (Lipinski definition) is 0. The molecule has 0 N–H and O–H groups in total. The van der Waals surface area contributed by atoms with Crippen LogP contribution in [0.4, 0.5) is 0 Å². The molecule has 0 aliphatic rings. The molecule has 0 saturated carbocycles. The van der Waals surface area contributed by atoms with E-state index >= 15 is 0 Å². The van der Waals surface area contributed by atoms with E-state index in [-0.39, 0.29) is 18.4 Å². The van der Waals surface area contributed by atoms with Gasteiger partial charge in [0.1, 0.15) is 6.54 Å². The molecule has 1 rings (SSSR count). The van der Waals surface area contributed by atoms with Crippen molar-refractivity contribution in [1.29, 1.82) is 0 Å². The van der Waals surface area contributed by atoms with E-state index in [1.807, 2.05) is 6.92 Å². The van der Waals surface area contributed by atoms with Gasteiger partial charge >= 0.3 is 5.97 Å². The number of carbonyl (C=O) groups excluding carboxylic acids is 2. The van der Waals surface area contributed by atoms with Crippen LogP contribution >= 0.6 is 43.2 Å². The van der Waals surface area contributed by atoms with Gasteiger partial charge in [-0.15, -0.1) is 11.3 Å². The molecule has 18 heavy (non-hydrogen) atoms. The lowest BCUT2D eigenvalue weighted by Crippen LogP contribution is -2.35. The zero-order valence-electron chi connectivity index (χ0n) is 10.0. The number of halogens is 2. The maximum absolute atomic E-state index is 12.2. The van der Waals surface area contributed by atoms with E-state index in [9.17, 15) is 9.59 Å². The average molecular weight is 399 g/mol. The second-order valence-corrected chi connectivity index (χ2v) is 6.58. The van der Waals surface area contributed by atoms with Gasteiger partial charge in [0.2, 0.25) is 0 Å². The molecule has 100 valence electrons. The van der Waals surface area contributed by atoms with Gasteiger partial charge < -0.3 is 9.64 Å². The van der Waals surface area contributed by atoms with Crippen molar-refractivity contribution in [3.8, 4) is 0 Å². The predicted octanol–water partition coefficient (Wildman–Crippen LogP) is 3.30. The number of nitrogens with zero attached hydrogens (tertiary/aromatic N) is 1. The summed E-state index contributed by atoms with van der Waals surface area (Å²) in [6.07, 6.45) is 0. The predicted molar refractivity (Wildman–Crippen MR) is 77.9 cm³/mol. The number of ether oxygens (including phenoxy) is 1. The number of likely N-dealkylation sites (N-methyl/N-ethyl adjacent to an activating group) is 1. The molecular formula is C11H13Br2NO3S. The number of carbonyl (C=O) groups is 2. The van der Waals surface area contributed by atoms with Crippen molar-refractivity contribution in [3.05, 3.63) is 19.2 Å². The molecular weight excluding hydrogens is 386 g/mol. The Hall–Kier alpha value is -0.400. The van der Waals surface area contributed by atoms with Crippen LogP contribution in [-0.2, 0) is 9.53 Å². The molecule has 0 spiro atoms. The van der Waals surface area contributed by atoms with Gasteiger partial charge in [-0.2, -0.15) is 0 Å². The summed E-state index contributed by atoms with van der Waals surface area (Å²) in [5, 5.41) is 0. The van der Waals surface area contributed by atoms with Gasteiger partial charge in [0.25, 0.3) is 5.91 Å². The molecule has 0 saturated heterocycles. The van der Waals surface area contributed by atoms with Crippen LogP contribution < -0.4 is 0 Å². The summed E-state index contributed by atoms with van der Waals surface area (Å²) in [6.45, 7) is 4.33. The van der Waals surface area contributed by atoms with E-state index < -0.39 is 0 Å². The van der Waals surface area contributed by atoms with E-state index in [1.54, 1.807) is 13.0 Å². The third-order valence-corrected chi connectivity index (χ3v) is 5.39. The summed E-state index contributed by atoms with van der Waals surface area (Å²) in [6, 6.07) is 1.74. The normalized spacial score (nSPS) is 10.2. The second kappa shape index (κ2) is 7.25. The van der Waals surface area contributed by atoms with Gasteiger partial charge in [-0.25, -0.2) is 0 Å². The first-order valence-electron chi connectivity index (χ1n) is 5.39. The number of esters is 1. The standard InChI is InChI=1S/C11H13Br2NO3S/c1-3-14(6-9(15)17-4-2)11(16)8-5-7(12)10(13)18-8/h5H,3-4,6H2,1-2H3. The van der Waals surface area contributed by atoms with E-state index in [2.05, 4.69) is 31.9 Å². The monoisotopic (exact) mass is 397 g/mol. The van der Waals surface area contributed by atoms with Crippen LogP contribution in [0.5, 0.6) is 0 Å². The molecule has 1 aromatic rings. The van der Waals surface area contributed by atoms with Gasteiger partial charge in [-0.1, -0.05) is 0 Å². The first-order chi connectivity index (χ1) is 8.49. The molecule has 1 heterocycles. The highest BCUT2D eigenvalue weighted by Gasteiger charge is 2.20. The van der Waals surface area contributed by atoms with Gasteiger partial charge in [0.15, 0.2) is 0 Å². The fourth-order valence-corrected chi connectivity index (χ4v) is 3.30. The van der Waals surface area contributed by atoms with E-state index in [4.69, 9.17) is 4.74 Å². The summed E-state index contributed by atoms with van der Waals surface area (Å²) in [5.74, 6) is -0.552. The third-order valence-electron chi connectivity index (χ3n) is 2.15. The Labute approximate surface area is 127 Å². The highest BCUT2D eigenvalue weighted by molar-refractivity contribution is 9.13. The van der Waals surface area contributed by atoms with E-state index in [1.165, 1.54) is 16.2 Å². The highest BCUT2D eigenvalue weighted by Crippen LogP contribution is 2.32. The number of thiophene rings is 1. The van der Waals surface area contributed by atoms with E-state index in [0.717, 1.165) is 8.26 Å². The van der Waals surface area contributed by atoms with Crippen molar-refractivity contribution in [2.75, 3.05) is 19.7 Å². The minimum absolute atomic E-state index is 0.0175. The van der Waals surface area contributed by atoms with Crippen LogP contribution in [0.15, 0.2) is 14.3 Å². The first-order valence-corrected chi connectivity index (χ1v) is 7.79. The van der Waals surface area contributed by atoms with Crippen molar-refractivity contribution in [1.82, 2.24) is 4.90 Å². The summed E-state index contributed by atoms with van der Waals surface area (Å²) in [4.78, 5) is 25.6. The zero-order valence-corrected chi connectivity index (χ0v) is 14.0. The number of hydrogen-bond acceptors (Lipinski definition) is 4. The molecule has 0 radical (unpaired) electrons. The van der Waals surface area contributed by atoms with Gasteiger partial charge in [0, 0.05) is 11.0 Å². The second-order valence-electron chi connectivity index (χ2n) is 3.36. The Bertz CT molecular complexity index is 428. The Morgan fingerprint density at radius 3 is 2.50 bits per heavy atom. The Morgan fingerprint density at radius 2 is 2.06 bits per heavy atom. The van der Waals surface area contributed by atoms with Gasteiger partial charge in [-0.05, 0) is 51.8 Å². The van der Waals surface area contributed by atoms with Crippen LogP contribution in [0.25, 0.3) is 0 Å². The molecule has 0 fully saturated rings. The van der Waals surface area contributed by atoms with Gasteiger partial charge in [-0.3, -0.25) is 9.59 Å². The highest BCUT2D eigenvalue weighted by atomic mass is 79.9. The van der Waals surface area contributed by atoms with Crippen molar-refractivity contribution < 1.29 is 14.3 Å². The molecule has 0 aromatic carbocycles. The Kier molecular flexibility index (Phi) is 6.31. The topological polar surface area (TPSA) is 46.6 Å². The van der Waals surface area contributed by atoms with Crippen LogP contribution in [0, 0.1) is 0 Å². The van der Waals surface area contributed by atoms with E-state index in [0.29, 0.717) is 18.0 Å². The first kappa shape index (κ1) is 15.7. The molecule has 1 amide bonds. The lowest BCUT2D eigenvalue weighted by atomic mass is 10.4. The fraction of sp³-hybridized carbons (Fsp3) is 0.455. The molecule has 0 aliphatic carbocycles. The summed E-state index contributed by atoms with van der Waals surface area (Å²) >= 11 is 8.01. The lowest BCUT2D eigenvalue weighted by Gasteiger charge is -2.18. The minimum atomic E-state index is -0.387. The molecule has 0 bridgehead atoms. The molecule has 1 aromatic heterocycles. The molecule has 7 heteroatoms. The number of amides is 1. The van der Waals surface area contributed by atoms with Crippen molar-refractivity contribution in [3.63, 3.8) is 0 Å². The summed E-state index contributed by atoms with van der Waals surface area (Å²) in [7, 11) is 0. The summed E-state index contributed by atoms with van der Waals surface area (Å²) in [5.41, 5.74) is 0. The molecule has 0 atom stereocenters. The Morgan fingerprint density at radius 1 is 1.39 bits per heavy atom. The van der Waals surface area contributed by atoms with Crippen LogP contribution in [0.1, 0.15) is 23.5 Å². The number of rotatable bonds is 5. The average Bonchev–Trinajstić information content (AvgIpc) is 2.66. The van der Waals surface area contributed by atoms with Crippen LogP contribution in [-0.4, -0.2) is 36.5 Å². The minimum Gasteiger partial charge on any atom is -0.465 e. The molecule has 0 aliphatic heterocycles. The zero-order chi connectivity index (χ0) is 13.7. The maximum atomic E-state index is 12.2. The van der Waals surface area contributed by atoms with Crippen LogP contribution in [0.3, 0.4) is 0 Å². The fourth-order valence-electron chi connectivity index (χ4n) is 1.30. The smallest absolute Gasteiger partial charge is 0.325 e. The SMILES string of the molecule is CCOC(=O)CN(CC)C(=O)c1cc(Br)c(Br)s1. The maximum Gasteiger partial charge on any atom is 0.325 e. The largest absolute Gasteiger partial charge is 0.465 e.